The molecule has 6 heteroatoms. The van der Waals surface area contributed by atoms with E-state index in [1.165, 1.54) is 0 Å². The zero-order chi connectivity index (χ0) is 15.0. The van der Waals surface area contributed by atoms with Crippen LogP contribution in [0.1, 0.15) is 11.1 Å². The van der Waals surface area contributed by atoms with Crippen LogP contribution in [0.25, 0.3) is 0 Å². The second kappa shape index (κ2) is 10.8. The Balaban J connectivity index is 0.00000400. The number of halogens is 1. The third kappa shape index (κ3) is 7.64. The van der Waals surface area contributed by atoms with Gasteiger partial charge < -0.3 is 32.5 Å². The van der Waals surface area contributed by atoms with Crippen LogP contribution in [0.4, 0.5) is 0 Å². The first-order valence-corrected chi connectivity index (χ1v) is 6.89. The Morgan fingerprint density at radius 3 is 2.33 bits per heavy atom. The van der Waals surface area contributed by atoms with E-state index in [2.05, 4.69) is 0 Å². The molecule has 1 aromatic carbocycles. The molecule has 1 aromatic rings. The fraction of sp³-hybridized carbons (Fsp3) is 0.600. The van der Waals surface area contributed by atoms with E-state index in [-0.39, 0.29) is 32.2 Å². The number of hydrogen-bond donors (Lipinski definition) is 3. The maximum Gasteiger partial charge on any atom is 0.122 e. The first-order chi connectivity index (χ1) is 9.56. The van der Waals surface area contributed by atoms with Gasteiger partial charge in [-0.05, 0) is 31.0 Å². The Bertz CT molecular complexity index is 397. The summed E-state index contributed by atoms with van der Waals surface area (Å²) in [5.74, 6) is 0.778. The van der Waals surface area contributed by atoms with Gasteiger partial charge in [0.05, 0.1) is 13.2 Å². The Kier molecular flexibility index (Phi) is 10.4. The molecule has 21 heavy (non-hydrogen) atoms. The first kappa shape index (κ1) is 20.1. The lowest BCUT2D eigenvalue weighted by Gasteiger charge is -2.23. The number of hydrogen-bond acceptors (Lipinski definition) is 5. The van der Waals surface area contributed by atoms with E-state index in [4.69, 9.17) is 14.9 Å². The molecule has 0 amide bonds. The van der Waals surface area contributed by atoms with Crippen LogP contribution < -0.4 is 17.1 Å². The Labute approximate surface area is 132 Å². The van der Waals surface area contributed by atoms with Crippen molar-refractivity contribution in [3.8, 4) is 5.75 Å². The molecule has 0 saturated carbocycles. The van der Waals surface area contributed by atoms with Gasteiger partial charge in [-0.1, -0.05) is 12.1 Å². The lowest BCUT2D eigenvalue weighted by atomic mass is 10.1. The Morgan fingerprint density at radius 1 is 1.14 bits per heavy atom. The van der Waals surface area contributed by atoms with E-state index in [1.54, 1.807) is 4.90 Å². The van der Waals surface area contributed by atoms with Crippen LogP contribution in [-0.4, -0.2) is 65.8 Å². The van der Waals surface area contributed by atoms with Crippen LogP contribution in [0.5, 0.6) is 5.75 Å². The summed E-state index contributed by atoms with van der Waals surface area (Å²) >= 11 is 0. The molecule has 0 spiro atoms. The zero-order valence-corrected chi connectivity index (χ0v) is 13.4. The van der Waals surface area contributed by atoms with Crippen LogP contribution in [0.2, 0.25) is 0 Å². The molecule has 1 rings (SSSR count). The largest absolute Gasteiger partial charge is 1.00 e. The van der Waals surface area contributed by atoms with E-state index < -0.39 is 6.10 Å². The smallest absolute Gasteiger partial charge is 0.122 e. The van der Waals surface area contributed by atoms with Gasteiger partial charge in [-0.3, -0.25) is 4.90 Å². The van der Waals surface area contributed by atoms with E-state index in [1.807, 2.05) is 32.0 Å². The minimum absolute atomic E-state index is 0. The van der Waals surface area contributed by atoms with E-state index in [0.717, 1.165) is 16.9 Å². The van der Waals surface area contributed by atoms with E-state index in [9.17, 15) is 5.11 Å². The highest BCUT2D eigenvalue weighted by molar-refractivity contribution is 5.35. The summed E-state index contributed by atoms with van der Waals surface area (Å²) in [4.78, 5) is 1.80. The molecule has 0 aliphatic heterocycles. The summed E-state index contributed by atoms with van der Waals surface area (Å²) in [7, 11) is 0. The van der Waals surface area contributed by atoms with Gasteiger partial charge in [-0.2, -0.15) is 0 Å². The normalized spacial score (nSPS) is 12.1. The average molecular weight is 319 g/mol. The van der Waals surface area contributed by atoms with Gasteiger partial charge in [0.25, 0.3) is 0 Å². The monoisotopic (exact) mass is 318 g/mol. The fourth-order valence-electron chi connectivity index (χ4n) is 1.98. The Morgan fingerprint density at radius 2 is 1.76 bits per heavy atom. The fourth-order valence-corrected chi connectivity index (χ4v) is 1.98. The van der Waals surface area contributed by atoms with Crippen LogP contribution in [-0.2, 0) is 0 Å². The Hall–Kier alpha value is -0.850. The lowest BCUT2D eigenvalue weighted by Crippen LogP contribution is -3.00. The molecule has 0 saturated heterocycles. The number of aliphatic hydroxyl groups is 3. The maximum absolute atomic E-state index is 9.96. The highest BCUT2D eigenvalue weighted by Gasteiger charge is 2.12. The van der Waals surface area contributed by atoms with E-state index in [0.29, 0.717) is 19.6 Å². The van der Waals surface area contributed by atoms with Crippen molar-refractivity contribution in [3.05, 3.63) is 29.3 Å². The molecule has 0 radical (unpaired) electrons. The number of aliphatic hydroxyl groups excluding tert-OH is 3. The number of rotatable bonds is 9. The van der Waals surface area contributed by atoms with Gasteiger partial charge in [-0.15, -0.1) is 0 Å². The summed E-state index contributed by atoms with van der Waals surface area (Å²) in [5, 5.41) is 27.8. The van der Waals surface area contributed by atoms with Crippen molar-refractivity contribution in [2.45, 2.75) is 20.0 Å². The third-order valence-corrected chi connectivity index (χ3v) is 3.08. The standard InChI is InChI=1S/C15H25NO4.ClH/c1-12-3-4-13(2)15(9-12)20-11-14(19)10-16(5-7-17)6-8-18;/h3-4,9,14,17-19H,5-8,10-11H2,1-2H3;1H/p-1. The summed E-state index contributed by atoms with van der Waals surface area (Å²) in [5.41, 5.74) is 2.15. The molecular formula is C15H25ClNO4-. The van der Waals surface area contributed by atoms with Gasteiger partial charge in [0.15, 0.2) is 0 Å². The second-order valence-electron chi connectivity index (χ2n) is 4.98. The quantitative estimate of drug-likeness (QED) is 0.463. The minimum atomic E-state index is -0.659. The first-order valence-electron chi connectivity index (χ1n) is 6.89. The highest BCUT2D eigenvalue weighted by atomic mass is 35.5. The second-order valence-corrected chi connectivity index (χ2v) is 4.98. The van der Waals surface area contributed by atoms with Gasteiger partial charge in [0.1, 0.15) is 18.5 Å². The van der Waals surface area contributed by atoms with Crippen LogP contribution in [0.3, 0.4) is 0 Å². The molecule has 0 aromatic heterocycles. The van der Waals surface area contributed by atoms with Crippen molar-refractivity contribution < 1.29 is 32.5 Å². The summed E-state index contributed by atoms with van der Waals surface area (Å²) in [6.45, 7) is 5.39. The van der Waals surface area contributed by atoms with Gasteiger partial charge in [0.2, 0.25) is 0 Å². The van der Waals surface area contributed by atoms with Crippen LogP contribution in [0.15, 0.2) is 18.2 Å². The number of benzene rings is 1. The van der Waals surface area contributed by atoms with Crippen molar-refractivity contribution in [1.82, 2.24) is 4.90 Å². The van der Waals surface area contributed by atoms with Crippen LogP contribution >= 0.6 is 0 Å². The summed E-state index contributed by atoms with van der Waals surface area (Å²) < 4.78 is 5.63. The molecular weight excluding hydrogens is 294 g/mol. The molecule has 0 heterocycles. The third-order valence-electron chi connectivity index (χ3n) is 3.08. The predicted octanol–water partition coefficient (Wildman–Crippen LogP) is -2.67. The van der Waals surface area contributed by atoms with E-state index >= 15 is 0 Å². The molecule has 0 aliphatic rings. The van der Waals surface area contributed by atoms with Crippen molar-refractivity contribution >= 4 is 0 Å². The molecule has 3 N–H and O–H groups in total. The molecule has 0 aliphatic carbocycles. The minimum Gasteiger partial charge on any atom is -1.00 e. The summed E-state index contributed by atoms with van der Waals surface area (Å²) in [6, 6.07) is 5.95. The number of nitrogens with zero attached hydrogens (tertiary/aromatic N) is 1. The van der Waals surface area contributed by atoms with Crippen molar-refractivity contribution in [2.24, 2.45) is 0 Å². The summed E-state index contributed by atoms with van der Waals surface area (Å²) in [6.07, 6.45) is -0.659. The molecule has 5 nitrogen and oxygen atoms in total. The highest BCUT2D eigenvalue weighted by Crippen LogP contribution is 2.19. The van der Waals surface area contributed by atoms with Gasteiger partial charge in [0, 0.05) is 19.6 Å². The van der Waals surface area contributed by atoms with Gasteiger partial charge in [-0.25, -0.2) is 0 Å². The average Bonchev–Trinajstić information content (AvgIpc) is 2.40. The molecule has 122 valence electrons. The van der Waals surface area contributed by atoms with Crippen LogP contribution in [0, 0.1) is 13.8 Å². The predicted molar refractivity (Wildman–Crippen MR) is 78.0 cm³/mol. The molecule has 1 atom stereocenters. The topological polar surface area (TPSA) is 73.2 Å². The molecule has 0 fully saturated rings. The van der Waals surface area contributed by atoms with Crippen molar-refractivity contribution in [2.75, 3.05) is 39.5 Å². The molecule has 0 bridgehead atoms. The SMILES string of the molecule is Cc1ccc(C)c(OCC(O)CN(CCO)CCO)c1.[Cl-]. The maximum atomic E-state index is 9.96. The van der Waals surface area contributed by atoms with Crippen molar-refractivity contribution in [3.63, 3.8) is 0 Å². The van der Waals surface area contributed by atoms with Gasteiger partial charge >= 0.3 is 0 Å². The lowest BCUT2D eigenvalue weighted by molar-refractivity contribution is -0.0000111. The number of ether oxygens (including phenoxy) is 1. The molecule has 1 unspecified atom stereocenters. The van der Waals surface area contributed by atoms with Crippen molar-refractivity contribution in [1.29, 1.82) is 0 Å². The zero-order valence-electron chi connectivity index (χ0n) is 12.6. The number of aryl methyl sites for hydroxylation is 2.